The molecule has 1 heterocycles. The van der Waals surface area contributed by atoms with Crippen LogP contribution in [0.4, 0.5) is 11.5 Å². The SMILES string of the molecule is CCC(C)NC(=O)c1cnc(Nc2ccc(OC)c(OC)c2)cn1. The van der Waals surface area contributed by atoms with Crippen LogP contribution in [0.25, 0.3) is 0 Å². The standard InChI is InChI=1S/C17H22N4O3/c1-5-11(2)20-17(22)13-9-19-16(10-18-13)21-12-6-7-14(23-3)15(8-12)24-4/h6-11H,5H2,1-4H3,(H,19,21)(H,20,22). The number of benzene rings is 1. The zero-order chi connectivity index (χ0) is 17.5. The number of nitrogens with zero attached hydrogens (tertiary/aromatic N) is 2. The van der Waals surface area contributed by atoms with E-state index in [2.05, 4.69) is 20.6 Å². The van der Waals surface area contributed by atoms with Crippen molar-refractivity contribution in [2.75, 3.05) is 19.5 Å². The van der Waals surface area contributed by atoms with Gasteiger partial charge < -0.3 is 20.1 Å². The quantitative estimate of drug-likeness (QED) is 0.812. The molecule has 7 heteroatoms. The van der Waals surface area contributed by atoms with E-state index in [1.165, 1.54) is 12.4 Å². The lowest BCUT2D eigenvalue weighted by molar-refractivity contribution is 0.0934. The molecule has 0 aliphatic carbocycles. The first-order chi connectivity index (χ1) is 11.6. The van der Waals surface area contributed by atoms with Gasteiger partial charge in [0.2, 0.25) is 0 Å². The molecule has 0 spiro atoms. The fourth-order valence-corrected chi connectivity index (χ4v) is 1.97. The third-order valence-corrected chi connectivity index (χ3v) is 3.53. The molecule has 0 saturated carbocycles. The van der Waals surface area contributed by atoms with Crippen molar-refractivity contribution < 1.29 is 14.3 Å². The Balaban J connectivity index is 2.07. The van der Waals surface area contributed by atoms with Crippen LogP contribution in [0, 0.1) is 0 Å². The van der Waals surface area contributed by atoms with E-state index in [-0.39, 0.29) is 17.6 Å². The highest BCUT2D eigenvalue weighted by atomic mass is 16.5. The van der Waals surface area contributed by atoms with Crippen LogP contribution < -0.4 is 20.1 Å². The fourth-order valence-electron chi connectivity index (χ4n) is 1.97. The first-order valence-corrected chi connectivity index (χ1v) is 7.69. The van der Waals surface area contributed by atoms with Crippen LogP contribution in [0.3, 0.4) is 0 Å². The summed E-state index contributed by atoms with van der Waals surface area (Å²) in [7, 11) is 3.16. The van der Waals surface area contributed by atoms with Gasteiger partial charge in [0, 0.05) is 17.8 Å². The van der Waals surface area contributed by atoms with Gasteiger partial charge in [-0.3, -0.25) is 4.79 Å². The maximum Gasteiger partial charge on any atom is 0.271 e. The van der Waals surface area contributed by atoms with Crippen LogP contribution in [0.2, 0.25) is 0 Å². The van der Waals surface area contributed by atoms with Crippen molar-refractivity contribution in [3.05, 3.63) is 36.3 Å². The van der Waals surface area contributed by atoms with Gasteiger partial charge in [-0.25, -0.2) is 9.97 Å². The lowest BCUT2D eigenvalue weighted by Crippen LogP contribution is -2.32. The topological polar surface area (TPSA) is 85.4 Å². The minimum Gasteiger partial charge on any atom is -0.493 e. The van der Waals surface area contributed by atoms with E-state index in [0.717, 1.165) is 12.1 Å². The molecule has 0 radical (unpaired) electrons. The van der Waals surface area contributed by atoms with E-state index in [9.17, 15) is 4.79 Å². The maximum atomic E-state index is 12.0. The molecule has 1 aromatic heterocycles. The number of nitrogens with one attached hydrogen (secondary N) is 2. The van der Waals surface area contributed by atoms with Crippen molar-refractivity contribution in [1.82, 2.24) is 15.3 Å². The van der Waals surface area contributed by atoms with Gasteiger partial charge in [-0.15, -0.1) is 0 Å². The van der Waals surface area contributed by atoms with Gasteiger partial charge in [0.25, 0.3) is 5.91 Å². The zero-order valence-electron chi connectivity index (χ0n) is 14.3. The molecule has 0 bridgehead atoms. The molecular formula is C17H22N4O3. The summed E-state index contributed by atoms with van der Waals surface area (Å²) in [5.74, 6) is 1.56. The number of rotatable bonds is 7. The first kappa shape index (κ1) is 17.5. The highest BCUT2D eigenvalue weighted by molar-refractivity contribution is 5.92. The van der Waals surface area contributed by atoms with Crippen LogP contribution in [-0.4, -0.2) is 36.1 Å². The summed E-state index contributed by atoms with van der Waals surface area (Å²) in [5, 5.41) is 5.96. The Morgan fingerprint density at radius 1 is 1.17 bits per heavy atom. The number of anilines is 2. The molecular weight excluding hydrogens is 308 g/mol. The molecule has 1 amide bonds. The van der Waals surface area contributed by atoms with Gasteiger partial charge in [0.15, 0.2) is 11.5 Å². The fraction of sp³-hybridized carbons (Fsp3) is 0.353. The number of carbonyl (C=O) groups is 1. The summed E-state index contributed by atoms with van der Waals surface area (Å²) < 4.78 is 10.5. The van der Waals surface area contributed by atoms with Crippen molar-refractivity contribution in [3.8, 4) is 11.5 Å². The highest BCUT2D eigenvalue weighted by Gasteiger charge is 2.11. The average molecular weight is 330 g/mol. The Morgan fingerprint density at radius 3 is 2.50 bits per heavy atom. The zero-order valence-corrected chi connectivity index (χ0v) is 14.3. The Hall–Kier alpha value is -2.83. The van der Waals surface area contributed by atoms with E-state index < -0.39 is 0 Å². The van der Waals surface area contributed by atoms with E-state index in [0.29, 0.717) is 17.3 Å². The molecule has 0 fully saturated rings. The van der Waals surface area contributed by atoms with Crippen molar-refractivity contribution in [1.29, 1.82) is 0 Å². The molecule has 0 aliphatic heterocycles. The highest BCUT2D eigenvalue weighted by Crippen LogP contribution is 2.30. The third kappa shape index (κ3) is 4.34. The minimum absolute atomic E-state index is 0.101. The van der Waals surface area contributed by atoms with Crippen LogP contribution in [0.5, 0.6) is 11.5 Å². The molecule has 1 unspecified atom stereocenters. The first-order valence-electron chi connectivity index (χ1n) is 7.69. The predicted octanol–water partition coefficient (Wildman–Crippen LogP) is 2.77. The molecule has 7 nitrogen and oxygen atoms in total. The van der Waals surface area contributed by atoms with Gasteiger partial charge in [-0.05, 0) is 25.5 Å². The molecule has 0 aliphatic rings. The van der Waals surface area contributed by atoms with Gasteiger partial charge in [-0.2, -0.15) is 0 Å². The van der Waals surface area contributed by atoms with Crippen molar-refractivity contribution in [3.63, 3.8) is 0 Å². The van der Waals surface area contributed by atoms with Crippen molar-refractivity contribution in [2.24, 2.45) is 0 Å². The molecule has 2 N–H and O–H groups in total. The van der Waals surface area contributed by atoms with Crippen molar-refractivity contribution >= 4 is 17.4 Å². The van der Waals surface area contributed by atoms with E-state index in [1.54, 1.807) is 26.4 Å². The molecule has 0 saturated heterocycles. The number of hydrogen-bond acceptors (Lipinski definition) is 6. The Kier molecular flexibility index (Phi) is 5.95. The van der Waals surface area contributed by atoms with E-state index >= 15 is 0 Å². The van der Waals surface area contributed by atoms with Gasteiger partial charge >= 0.3 is 0 Å². The molecule has 24 heavy (non-hydrogen) atoms. The lowest BCUT2D eigenvalue weighted by Gasteiger charge is -2.12. The van der Waals surface area contributed by atoms with Crippen molar-refractivity contribution in [2.45, 2.75) is 26.3 Å². The smallest absolute Gasteiger partial charge is 0.271 e. The summed E-state index contributed by atoms with van der Waals surface area (Å²) in [4.78, 5) is 20.3. The largest absolute Gasteiger partial charge is 0.493 e. The van der Waals surface area contributed by atoms with Crippen LogP contribution in [-0.2, 0) is 0 Å². The number of aromatic nitrogens is 2. The van der Waals surface area contributed by atoms with E-state index in [4.69, 9.17) is 9.47 Å². The number of hydrogen-bond donors (Lipinski definition) is 2. The third-order valence-electron chi connectivity index (χ3n) is 3.53. The summed E-state index contributed by atoms with van der Waals surface area (Å²) in [6.07, 6.45) is 3.82. The molecule has 1 aromatic carbocycles. The second-order valence-corrected chi connectivity index (χ2v) is 5.26. The molecule has 2 aromatic rings. The summed E-state index contributed by atoms with van der Waals surface area (Å²) in [6.45, 7) is 3.95. The normalized spacial score (nSPS) is 11.5. The van der Waals surface area contributed by atoms with E-state index in [1.807, 2.05) is 19.9 Å². The van der Waals surface area contributed by atoms with Gasteiger partial charge in [0.05, 0.1) is 26.6 Å². The lowest BCUT2D eigenvalue weighted by atomic mass is 10.2. The summed E-state index contributed by atoms with van der Waals surface area (Å²) in [6, 6.07) is 5.53. The number of carbonyl (C=O) groups excluding carboxylic acids is 1. The molecule has 1 atom stereocenters. The van der Waals surface area contributed by atoms with Gasteiger partial charge in [-0.1, -0.05) is 6.92 Å². The van der Waals surface area contributed by atoms with Crippen LogP contribution in [0.1, 0.15) is 30.8 Å². The number of ether oxygens (including phenoxy) is 2. The number of amides is 1. The second-order valence-electron chi connectivity index (χ2n) is 5.26. The van der Waals surface area contributed by atoms with Gasteiger partial charge in [0.1, 0.15) is 11.5 Å². The average Bonchev–Trinajstić information content (AvgIpc) is 2.61. The van der Waals surface area contributed by atoms with Crippen LogP contribution >= 0.6 is 0 Å². The Bertz CT molecular complexity index is 689. The maximum absolute atomic E-state index is 12.0. The summed E-state index contributed by atoms with van der Waals surface area (Å²) in [5.41, 5.74) is 1.06. The predicted molar refractivity (Wildman–Crippen MR) is 92.1 cm³/mol. The molecule has 2 rings (SSSR count). The Labute approximate surface area is 141 Å². The Morgan fingerprint density at radius 2 is 1.92 bits per heavy atom. The summed E-state index contributed by atoms with van der Waals surface area (Å²) >= 11 is 0. The second kappa shape index (κ2) is 8.14. The van der Waals surface area contributed by atoms with Crippen LogP contribution in [0.15, 0.2) is 30.6 Å². The monoisotopic (exact) mass is 330 g/mol. The minimum atomic E-state index is -0.227. The number of methoxy groups -OCH3 is 2. The molecule has 128 valence electrons.